The molecule has 1 aromatic heterocycles. The fourth-order valence-electron chi connectivity index (χ4n) is 1.73. The van der Waals surface area contributed by atoms with Crippen molar-refractivity contribution in [2.45, 2.75) is 19.3 Å². The molecule has 0 spiro atoms. The lowest BCUT2D eigenvalue weighted by molar-refractivity contribution is -0.116. The lowest BCUT2D eigenvalue weighted by Crippen LogP contribution is -2.11. The fraction of sp³-hybridized carbons (Fsp3) is 0.267. The van der Waals surface area contributed by atoms with Gasteiger partial charge in [0.2, 0.25) is 5.91 Å². The number of hydrogen-bond acceptors (Lipinski definition) is 3. The van der Waals surface area contributed by atoms with Crippen molar-refractivity contribution < 1.29 is 4.79 Å². The number of benzene rings is 1. The van der Waals surface area contributed by atoms with Crippen molar-refractivity contribution in [3.8, 4) is 11.4 Å². The van der Waals surface area contributed by atoms with Crippen molar-refractivity contribution in [3.05, 3.63) is 42.7 Å². The number of carbonyl (C=O) groups excluding carboxylic acids is 1. The second-order valence-corrected chi connectivity index (χ2v) is 4.73. The average molecular weight is 290 g/mol. The van der Waals surface area contributed by atoms with Crippen LogP contribution in [0.4, 0.5) is 5.69 Å². The topological polar surface area (TPSA) is 54.9 Å². The highest BCUT2D eigenvalue weighted by molar-refractivity contribution is 6.17. The summed E-state index contributed by atoms with van der Waals surface area (Å²) >= 11 is 5.57. The minimum atomic E-state index is -0.0359. The monoisotopic (exact) mass is 289 g/mol. The number of hydrogen-bond donors (Lipinski definition) is 1. The molecule has 20 heavy (non-hydrogen) atoms. The highest BCUT2D eigenvalue weighted by atomic mass is 35.5. The zero-order chi connectivity index (χ0) is 14.2. The van der Waals surface area contributed by atoms with E-state index in [0.29, 0.717) is 23.8 Å². The normalized spacial score (nSPS) is 10.2. The highest BCUT2D eigenvalue weighted by Crippen LogP contribution is 2.15. The van der Waals surface area contributed by atoms with Gasteiger partial charge in [-0.15, -0.1) is 11.6 Å². The first-order chi connectivity index (χ1) is 9.79. The van der Waals surface area contributed by atoms with Gasteiger partial charge < -0.3 is 5.32 Å². The van der Waals surface area contributed by atoms with Gasteiger partial charge in [0, 0.05) is 17.9 Å². The number of aromatic nitrogens is 2. The summed E-state index contributed by atoms with van der Waals surface area (Å²) in [5.74, 6) is 1.19. The second-order valence-electron chi connectivity index (χ2n) is 4.36. The number of carbonyl (C=O) groups is 1. The summed E-state index contributed by atoms with van der Waals surface area (Å²) in [7, 11) is 0. The van der Waals surface area contributed by atoms with Crippen LogP contribution in [0.15, 0.2) is 42.7 Å². The first kappa shape index (κ1) is 14.5. The van der Waals surface area contributed by atoms with E-state index in [0.717, 1.165) is 18.4 Å². The van der Waals surface area contributed by atoms with Gasteiger partial charge in [-0.2, -0.15) is 0 Å². The van der Waals surface area contributed by atoms with Crippen molar-refractivity contribution in [3.63, 3.8) is 0 Å². The Morgan fingerprint density at radius 2 is 1.80 bits per heavy atom. The van der Waals surface area contributed by atoms with E-state index in [1.54, 1.807) is 12.4 Å². The Bertz CT molecular complexity index is 543. The maximum absolute atomic E-state index is 11.6. The summed E-state index contributed by atoms with van der Waals surface area (Å²) in [5, 5.41) is 2.77. The van der Waals surface area contributed by atoms with Crippen molar-refractivity contribution in [2.75, 3.05) is 11.2 Å². The van der Waals surface area contributed by atoms with Crippen LogP contribution in [-0.4, -0.2) is 21.8 Å². The molecule has 2 aromatic rings. The molecule has 0 aliphatic carbocycles. The van der Waals surface area contributed by atoms with Crippen LogP contribution < -0.4 is 5.32 Å². The number of halogens is 1. The number of nitrogens with one attached hydrogen (secondary N) is 1. The van der Waals surface area contributed by atoms with E-state index in [-0.39, 0.29) is 5.91 Å². The smallest absolute Gasteiger partial charge is 0.224 e. The van der Waals surface area contributed by atoms with E-state index in [4.69, 9.17) is 11.6 Å². The van der Waals surface area contributed by atoms with E-state index in [1.165, 1.54) is 0 Å². The van der Waals surface area contributed by atoms with Crippen molar-refractivity contribution in [1.29, 1.82) is 0 Å². The Kier molecular flexibility index (Phi) is 5.50. The summed E-state index contributed by atoms with van der Waals surface area (Å²) in [6, 6.07) is 9.70. The van der Waals surface area contributed by atoms with Crippen molar-refractivity contribution >= 4 is 23.2 Å². The summed E-state index contributed by atoms with van der Waals surface area (Å²) in [5.41, 5.74) is 1.56. The molecule has 0 atom stereocenters. The predicted octanol–water partition coefficient (Wildman–Crippen LogP) is 3.49. The molecule has 2 rings (SSSR count). The Hall–Kier alpha value is -1.94. The molecule has 0 radical (unpaired) electrons. The summed E-state index contributed by atoms with van der Waals surface area (Å²) in [6.45, 7) is 0. The Balaban J connectivity index is 1.93. The van der Waals surface area contributed by atoms with Crippen LogP contribution in [0.25, 0.3) is 11.4 Å². The minimum absolute atomic E-state index is 0.0359. The average Bonchev–Trinajstić information content (AvgIpc) is 2.49. The fourth-order valence-corrected chi connectivity index (χ4v) is 1.92. The molecule has 5 heteroatoms. The van der Waals surface area contributed by atoms with E-state index >= 15 is 0 Å². The van der Waals surface area contributed by atoms with Gasteiger partial charge in [-0.25, -0.2) is 9.97 Å². The first-order valence-electron chi connectivity index (χ1n) is 6.53. The van der Waals surface area contributed by atoms with Crippen LogP contribution in [-0.2, 0) is 4.79 Å². The molecular weight excluding hydrogens is 274 g/mol. The third-order valence-electron chi connectivity index (χ3n) is 2.76. The van der Waals surface area contributed by atoms with Gasteiger partial charge in [0.15, 0.2) is 5.82 Å². The van der Waals surface area contributed by atoms with Gasteiger partial charge in [0.05, 0.1) is 18.1 Å². The van der Waals surface area contributed by atoms with Crippen LogP contribution in [0.2, 0.25) is 0 Å². The van der Waals surface area contributed by atoms with Gasteiger partial charge in [-0.05, 0) is 12.8 Å². The molecule has 0 fully saturated rings. The van der Waals surface area contributed by atoms with Gasteiger partial charge in [-0.1, -0.05) is 30.3 Å². The molecular formula is C15H16ClN3O. The van der Waals surface area contributed by atoms with E-state index < -0.39 is 0 Å². The molecule has 4 nitrogen and oxygen atoms in total. The van der Waals surface area contributed by atoms with Crippen LogP contribution in [0.5, 0.6) is 0 Å². The lowest BCUT2D eigenvalue weighted by Gasteiger charge is -2.05. The van der Waals surface area contributed by atoms with E-state index in [9.17, 15) is 4.79 Å². The Morgan fingerprint density at radius 3 is 2.45 bits per heavy atom. The minimum Gasteiger partial charge on any atom is -0.323 e. The number of unbranched alkanes of at least 4 members (excludes halogenated alkanes) is 1. The zero-order valence-corrected chi connectivity index (χ0v) is 11.8. The molecule has 0 saturated carbocycles. The number of anilines is 1. The first-order valence-corrected chi connectivity index (χ1v) is 7.06. The highest BCUT2D eigenvalue weighted by Gasteiger charge is 2.04. The van der Waals surface area contributed by atoms with E-state index in [1.807, 2.05) is 30.3 Å². The predicted molar refractivity (Wildman–Crippen MR) is 80.7 cm³/mol. The molecule has 1 amide bonds. The van der Waals surface area contributed by atoms with E-state index in [2.05, 4.69) is 15.3 Å². The third-order valence-corrected chi connectivity index (χ3v) is 3.02. The summed E-state index contributed by atoms with van der Waals surface area (Å²) < 4.78 is 0. The molecule has 1 N–H and O–H groups in total. The Morgan fingerprint density at radius 1 is 1.10 bits per heavy atom. The maximum Gasteiger partial charge on any atom is 0.224 e. The van der Waals surface area contributed by atoms with Crippen LogP contribution in [0.1, 0.15) is 19.3 Å². The molecule has 1 heterocycles. The van der Waals surface area contributed by atoms with Gasteiger partial charge in [-0.3, -0.25) is 4.79 Å². The van der Waals surface area contributed by atoms with Gasteiger partial charge in [0.25, 0.3) is 0 Å². The SMILES string of the molecule is O=C(CCCCCl)Nc1cnc(-c2ccccc2)nc1. The zero-order valence-electron chi connectivity index (χ0n) is 11.1. The van der Waals surface area contributed by atoms with Crippen LogP contribution in [0, 0.1) is 0 Å². The maximum atomic E-state index is 11.6. The number of amides is 1. The molecule has 104 valence electrons. The van der Waals surface area contributed by atoms with Gasteiger partial charge >= 0.3 is 0 Å². The third kappa shape index (κ3) is 4.31. The van der Waals surface area contributed by atoms with Crippen molar-refractivity contribution in [1.82, 2.24) is 9.97 Å². The summed E-state index contributed by atoms with van der Waals surface area (Å²) in [6.07, 6.45) is 5.34. The van der Waals surface area contributed by atoms with Crippen molar-refractivity contribution in [2.24, 2.45) is 0 Å². The molecule has 0 saturated heterocycles. The lowest BCUT2D eigenvalue weighted by atomic mass is 10.2. The molecule has 0 bridgehead atoms. The Labute approximate surface area is 123 Å². The van der Waals surface area contributed by atoms with Gasteiger partial charge in [0.1, 0.15) is 0 Å². The molecule has 0 aliphatic heterocycles. The summed E-state index contributed by atoms with van der Waals surface area (Å²) in [4.78, 5) is 20.1. The number of nitrogens with zero attached hydrogens (tertiary/aromatic N) is 2. The quantitative estimate of drug-likeness (QED) is 0.654. The molecule has 0 aliphatic rings. The largest absolute Gasteiger partial charge is 0.323 e. The van der Waals surface area contributed by atoms with Crippen LogP contribution >= 0.6 is 11.6 Å². The second kappa shape index (κ2) is 7.60. The number of rotatable bonds is 6. The van der Waals surface area contributed by atoms with Crippen LogP contribution in [0.3, 0.4) is 0 Å². The molecule has 1 aromatic carbocycles. The standard InChI is InChI=1S/C15H16ClN3O/c16-9-5-4-8-14(20)19-13-10-17-15(18-11-13)12-6-2-1-3-7-12/h1-3,6-7,10-11H,4-5,8-9H2,(H,19,20). The molecule has 0 unspecified atom stereocenters. The number of alkyl halides is 1.